The first-order chi connectivity index (χ1) is 8.29. The van der Waals surface area contributed by atoms with E-state index in [2.05, 4.69) is 22.9 Å². The lowest BCUT2D eigenvalue weighted by Gasteiger charge is -2.33. The molecule has 0 atom stereocenters. The largest absolute Gasteiger partial charge is 0.384 e. The lowest BCUT2D eigenvalue weighted by Crippen LogP contribution is -2.36. The third kappa shape index (κ3) is 3.43. The van der Waals surface area contributed by atoms with Crippen molar-refractivity contribution in [1.29, 1.82) is 0 Å². The number of hydrogen-bond acceptors (Lipinski definition) is 3. The van der Waals surface area contributed by atoms with Crippen molar-refractivity contribution in [3.8, 4) is 0 Å². The van der Waals surface area contributed by atoms with E-state index in [-0.39, 0.29) is 0 Å². The van der Waals surface area contributed by atoms with Gasteiger partial charge in [-0.05, 0) is 37.1 Å². The van der Waals surface area contributed by atoms with Crippen LogP contribution in [0.2, 0.25) is 0 Å². The normalized spacial score (nSPS) is 17.5. The van der Waals surface area contributed by atoms with Crippen LogP contribution >= 0.6 is 0 Å². The second-order valence-electron chi connectivity index (χ2n) is 4.94. The Hall–Kier alpha value is -1.09. The summed E-state index contributed by atoms with van der Waals surface area (Å²) in [6.07, 6.45) is 8.71. The molecule has 1 fully saturated rings. The van der Waals surface area contributed by atoms with Crippen LogP contribution in [0.3, 0.4) is 0 Å². The predicted molar refractivity (Wildman–Crippen MR) is 71.6 cm³/mol. The van der Waals surface area contributed by atoms with E-state index >= 15 is 0 Å². The summed E-state index contributed by atoms with van der Waals surface area (Å²) in [5.74, 6) is 0.627. The summed E-state index contributed by atoms with van der Waals surface area (Å²) in [4.78, 5) is 6.62. The summed E-state index contributed by atoms with van der Waals surface area (Å²) >= 11 is 0. The maximum Gasteiger partial charge on any atom is 0.123 e. The van der Waals surface area contributed by atoms with Gasteiger partial charge in [0.15, 0.2) is 0 Å². The summed E-state index contributed by atoms with van der Waals surface area (Å²) < 4.78 is 0. The molecule has 0 aromatic carbocycles. The Kier molecular flexibility index (Phi) is 4.37. The molecular weight excluding hydrogens is 210 g/mol. The first-order valence-electron chi connectivity index (χ1n) is 6.74. The van der Waals surface area contributed by atoms with E-state index in [1.165, 1.54) is 37.7 Å². The van der Waals surface area contributed by atoms with Gasteiger partial charge in [0.05, 0.1) is 0 Å². The van der Waals surface area contributed by atoms with E-state index in [1.807, 2.05) is 6.07 Å². The fraction of sp³-hybridized carbons (Fsp3) is 0.643. The van der Waals surface area contributed by atoms with Gasteiger partial charge in [-0.3, -0.25) is 4.90 Å². The summed E-state index contributed by atoms with van der Waals surface area (Å²) in [5.41, 5.74) is 7.01. The molecule has 1 saturated carbocycles. The van der Waals surface area contributed by atoms with E-state index < -0.39 is 0 Å². The van der Waals surface area contributed by atoms with Gasteiger partial charge >= 0.3 is 0 Å². The zero-order chi connectivity index (χ0) is 12.1. The summed E-state index contributed by atoms with van der Waals surface area (Å²) in [5, 5.41) is 0. The first-order valence-corrected chi connectivity index (χ1v) is 6.74. The Morgan fingerprint density at radius 2 is 2.12 bits per heavy atom. The summed E-state index contributed by atoms with van der Waals surface area (Å²) in [6.45, 7) is 4.37. The molecule has 0 unspecified atom stereocenters. The Balaban J connectivity index is 1.98. The van der Waals surface area contributed by atoms with E-state index in [9.17, 15) is 0 Å². The van der Waals surface area contributed by atoms with E-state index in [4.69, 9.17) is 5.73 Å². The van der Waals surface area contributed by atoms with Crippen LogP contribution < -0.4 is 5.73 Å². The molecule has 1 heterocycles. The SMILES string of the molecule is CCN(Cc1ccnc(N)c1)C1CCCCC1. The molecule has 3 nitrogen and oxygen atoms in total. The molecule has 0 radical (unpaired) electrons. The Morgan fingerprint density at radius 3 is 2.76 bits per heavy atom. The number of nitrogens with zero attached hydrogens (tertiary/aromatic N) is 2. The Morgan fingerprint density at radius 1 is 1.35 bits per heavy atom. The van der Waals surface area contributed by atoms with Gasteiger partial charge in [-0.25, -0.2) is 4.98 Å². The molecule has 0 bridgehead atoms. The molecule has 0 amide bonds. The van der Waals surface area contributed by atoms with Gasteiger partial charge in [0, 0.05) is 18.8 Å². The minimum absolute atomic E-state index is 0.627. The number of nitrogen functional groups attached to an aromatic ring is 1. The maximum absolute atomic E-state index is 5.72. The van der Waals surface area contributed by atoms with Gasteiger partial charge in [-0.15, -0.1) is 0 Å². The Bertz CT molecular complexity index is 345. The van der Waals surface area contributed by atoms with E-state index in [1.54, 1.807) is 6.20 Å². The third-order valence-corrected chi connectivity index (χ3v) is 3.73. The smallest absolute Gasteiger partial charge is 0.123 e. The molecule has 1 aromatic heterocycles. The molecule has 0 saturated heterocycles. The number of nitrogens with two attached hydrogens (primary N) is 1. The quantitative estimate of drug-likeness (QED) is 0.869. The highest BCUT2D eigenvalue weighted by atomic mass is 15.1. The number of aromatic nitrogens is 1. The topological polar surface area (TPSA) is 42.2 Å². The molecule has 1 aliphatic carbocycles. The minimum Gasteiger partial charge on any atom is -0.384 e. The fourth-order valence-corrected chi connectivity index (χ4v) is 2.77. The van der Waals surface area contributed by atoms with Crippen LogP contribution in [-0.2, 0) is 6.54 Å². The summed E-state index contributed by atoms with van der Waals surface area (Å²) in [6, 6.07) is 4.83. The van der Waals surface area contributed by atoms with E-state index in [0.29, 0.717) is 5.82 Å². The van der Waals surface area contributed by atoms with Crippen LogP contribution in [0.1, 0.15) is 44.6 Å². The predicted octanol–water partition coefficient (Wildman–Crippen LogP) is 2.82. The van der Waals surface area contributed by atoms with E-state index in [0.717, 1.165) is 19.1 Å². The fourth-order valence-electron chi connectivity index (χ4n) is 2.77. The number of rotatable bonds is 4. The monoisotopic (exact) mass is 233 g/mol. The molecule has 3 heteroatoms. The van der Waals surface area contributed by atoms with Gasteiger partial charge in [-0.1, -0.05) is 26.2 Å². The van der Waals surface area contributed by atoms with Crippen molar-refractivity contribution in [2.75, 3.05) is 12.3 Å². The van der Waals surface area contributed by atoms with Gasteiger partial charge in [0.2, 0.25) is 0 Å². The van der Waals surface area contributed by atoms with Gasteiger partial charge < -0.3 is 5.73 Å². The molecule has 2 rings (SSSR count). The number of hydrogen-bond donors (Lipinski definition) is 1. The summed E-state index contributed by atoms with van der Waals surface area (Å²) in [7, 11) is 0. The molecule has 0 spiro atoms. The molecule has 2 N–H and O–H groups in total. The van der Waals surface area contributed by atoms with Crippen molar-refractivity contribution in [3.63, 3.8) is 0 Å². The molecular formula is C14H23N3. The first kappa shape index (κ1) is 12.4. The zero-order valence-electron chi connectivity index (χ0n) is 10.7. The molecule has 17 heavy (non-hydrogen) atoms. The highest BCUT2D eigenvalue weighted by Gasteiger charge is 2.19. The van der Waals surface area contributed by atoms with Gasteiger partial charge in [0.25, 0.3) is 0 Å². The molecule has 94 valence electrons. The van der Waals surface area contributed by atoms with Crippen LogP contribution in [0.25, 0.3) is 0 Å². The lowest BCUT2D eigenvalue weighted by atomic mass is 9.94. The van der Waals surface area contributed by atoms with Gasteiger partial charge in [0.1, 0.15) is 5.82 Å². The molecule has 1 aromatic rings. The van der Waals surface area contributed by atoms with Crippen molar-refractivity contribution in [2.45, 2.75) is 51.6 Å². The number of pyridine rings is 1. The minimum atomic E-state index is 0.627. The van der Waals surface area contributed by atoms with Crippen LogP contribution in [0, 0.1) is 0 Å². The second kappa shape index (κ2) is 6.01. The maximum atomic E-state index is 5.72. The van der Waals surface area contributed by atoms with Crippen LogP contribution in [0.4, 0.5) is 5.82 Å². The van der Waals surface area contributed by atoms with Crippen molar-refractivity contribution < 1.29 is 0 Å². The van der Waals surface area contributed by atoms with Crippen LogP contribution in [-0.4, -0.2) is 22.5 Å². The average molecular weight is 233 g/mol. The number of anilines is 1. The van der Waals surface area contributed by atoms with Crippen molar-refractivity contribution in [3.05, 3.63) is 23.9 Å². The van der Waals surface area contributed by atoms with Crippen molar-refractivity contribution in [1.82, 2.24) is 9.88 Å². The van der Waals surface area contributed by atoms with Crippen LogP contribution in [0.5, 0.6) is 0 Å². The zero-order valence-corrected chi connectivity index (χ0v) is 10.7. The Labute approximate surface area is 104 Å². The third-order valence-electron chi connectivity index (χ3n) is 3.73. The standard InChI is InChI=1S/C14H23N3/c1-2-17(13-6-4-3-5-7-13)11-12-8-9-16-14(15)10-12/h8-10,13H,2-7,11H2,1H3,(H2,15,16). The molecule has 1 aliphatic rings. The highest BCUT2D eigenvalue weighted by molar-refractivity contribution is 5.31. The average Bonchev–Trinajstić information content (AvgIpc) is 2.37. The molecule has 0 aliphatic heterocycles. The van der Waals surface area contributed by atoms with Crippen molar-refractivity contribution in [2.24, 2.45) is 0 Å². The second-order valence-corrected chi connectivity index (χ2v) is 4.94. The van der Waals surface area contributed by atoms with Crippen molar-refractivity contribution >= 4 is 5.82 Å². The highest BCUT2D eigenvalue weighted by Crippen LogP contribution is 2.23. The van der Waals surface area contributed by atoms with Crippen LogP contribution in [0.15, 0.2) is 18.3 Å². The lowest BCUT2D eigenvalue weighted by molar-refractivity contribution is 0.156. The van der Waals surface area contributed by atoms with Gasteiger partial charge in [-0.2, -0.15) is 0 Å².